The number of rotatable bonds is 6. The number of hydrogen-bond donors (Lipinski definition) is 3. The molecule has 0 aromatic rings. The van der Waals surface area contributed by atoms with Gasteiger partial charge < -0.3 is 21.0 Å². The smallest absolute Gasteiger partial charge is 0.303 e. The number of carboxylic acids is 1. The Labute approximate surface area is 87.8 Å². The van der Waals surface area contributed by atoms with Gasteiger partial charge in [0.2, 0.25) is 5.91 Å². The van der Waals surface area contributed by atoms with Crippen LogP contribution in [0.5, 0.6) is 0 Å². The van der Waals surface area contributed by atoms with Gasteiger partial charge in [0.05, 0.1) is 11.6 Å². The van der Waals surface area contributed by atoms with Crippen LogP contribution < -0.4 is 11.1 Å². The zero-order valence-corrected chi connectivity index (χ0v) is 8.82. The Morgan fingerprint density at radius 1 is 1.53 bits per heavy atom. The van der Waals surface area contributed by atoms with Crippen molar-refractivity contribution in [3.8, 4) is 0 Å². The Bertz CT molecular complexity index is 263. The van der Waals surface area contributed by atoms with Gasteiger partial charge in [0.15, 0.2) is 0 Å². The van der Waals surface area contributed by atoms with Crippen molar-refractivity contribution in [1.82, 2.24) is 5.32 Å². The van der Waals surface area contributed by atoms with E-state index in [1.807, 2.05) is 0 Å². The van der Waals surface area contributed by atoms with E-state index in [4.69, 9.17) is 10.8 Å². The van der Waals surface area contributed by atoms with Gasteiger partial charge in [-0.2, -0.15) is 0 Å². The third-order valence-corrected chi connectivity index (χ3v) is 1.75. The molecule has 0 spiro atoms. The van der Waals surface area contributed by atoms with E-state index in [-0.39, 0.29) is 12.8 Å². The van der Waals surface area contributed by atoms with Gasteiger partial charge in [-0.05, 0) is 20.3 Å². The summed E-state index contributed by atoms with van der Waals surface area (Å²) in [5.74, 6) is -1.53. The topological polar surface area (TPSA) is 109 Å². The normalized spacial score (nSPS) is 13.0. The van der Waals surface area contributed by atoms with Crippen LogP contribution in [-0.2, 0) is 14.4 Å². The number of hydrogen-bond acceptors (Lipinski definition) is 4. The molecule has 0 saturated carbocycles. The summed E-state index contributed by atoms with van der Waals surface area (Å²) in [7, 11) is 0. The Morgan fingerprint density at radius 3 is 2.47 bits per heavy atom. The Hall–Kier alpha value is -1.43. The molecule has 0 saturated heterocycles. The van der Waals surface area contributed by atoms with Crippen LogP contribution in [0.15, 0.2) is 0 Å². The van der Waals surface area contributed by atoms with Gasteiger partial charge in [-0.25, -0.2) is 0 Å². The summed E-state index contributed by atoms with van der Waals surface area (Å²) in [6.45, 7) is 3.06. The molecule has 1 atom stereocenters. The largest absolute Gasteiger partial charge is 0.481 e. The van der Waals surface area contributed by atoms with Crippen molar-refractivity contribution in [3.05, 3.63) is 0 Å². The molecule has 0 aliphatic heterocycles. The van der Waals surface area contributed by atoms with Crippen LogP contribution >= 0.6 is 0 Å². The van der Waals surface area contributed by atoms with Crippen LogP contribution in [0.4, 0.5) is 0 Å². The van der Waals surface area contributed by atoms with Crippen molar-refractivity contribution in [2.75, 3.05) is 0 Å². The summed E-state index contributed by atoms with van der Waals surface area (Å²) >= 11 is 0. The third-order valence-electron chi connectivity index (χ3n) is 1.75. The highest BCUT2D eigenvalue weighted by molar-refractivity contribution is 5.85. The van der Waals surface area contributed by atoms with Gasteiger partial charge in [-0.15, -0.1) is 0 Å². The Kier molecular flexibility index (Phi) is 4.93. The van der Waals surface area contributed by atoms with Gasteiger partial charge in [-0.1, -0.05) is 0 Å². The highest BCUT2D eigenvalue weighted by Crippen LogP contribution is 2.00. The summed E-state index contributed by atoms with van der Waals surface area (Å²) in [5, 5.41) is 10.8. The summed E-state index contributed by atoms with van der Waals surface area (Å²) in [6, 6.07) is -0.902. The van der Waals surface area contributed by atoms with Gasteiger partial charge in [0, 0.05) is 6.42 Å². The van der Waals surface area contributed by atoms with Crippen molar-refractivity contribution in [1.29, 1.82) is 0 Å². The maximum Gasteiger partial charge on any atom is 0.303 e. The molecule has 0 bridgehead atoms. The maximum absolute atomic E-state index is 11.3. The molecule has 0 fully saturated rings. The Morgan fingerprint density at radius 2 is 2.07 bits per heavy atom. The van der Waals surface area contributed by atoms with Crippen LogP contribution in [0.3, 0.4) is 0 Å². The molecule has 0 unspecified atom stereocenters. The van der Waals surface area contributed by atoms with E-state index in [0.29, 0.717) is 6.29 Å². The number of amides is 1. The zero-order chi connectivity index (χ0) is 12.1. The van der Waals surface area contributed by atoms with Crippen molar-refractivity contribution in [3.63, 3.8) is 0 Å². The van der Waals surface area contributed by atoms with E-state index >= 15 is 0 Å². The molecule has 1 amide bonds. The van der Waals surface area contributed by atoms with E-state index in [1.165, 1.54) is 13.8 Å². The Balaban J connectivity index is 4.10. The lowest BCUT2D eigenvalue weighted by atomic mass is 10.1. The van der Waals surface area contributed by atoms with Crippen molar-refractivity contribution in [2.24, 2.45) is 5.73 Å². The van der Waals surface area contributed by atoms with Gasteiger partial charge >= 0.3 is 5.97 Å². The van der Waals surface area contributed by atoms with Crippen LogP contribution in [-0.4, -0.2) is 34.8 Å². The van der Waals surface area contributed by atoms with Crippen LogP contribution in [0.1, 0.15) is 26.7 Å². The molecule has 0 aromatic heterocycles. The van der Waals surface area contributed by atoms with E-state index < -0.39 is 23.5 Å². The number of carbonyl (C=O) groups excluding carboxylic acids is 2. The standard InChI is InChI=1S/C9H16N2O4/c1-9(2,5-12)11-8(15)6(10)3-4-7(13)14/h5-6H,3-4,10H2,1-2H3,(H,11,15)(H,13,14)/t6-/m1/s1. The second-order valence-corrected chi connectivity index (χ2v) is 3.87. The minimum absolute atomic E-state index is 0.0517. The third kappa shape index (κ3) is 5.79. The number of aliphatic carboxylic acids is 1. The second kappa shape index (κ2) is 5.45. The van der Waals surface area contributed by atoms with Gasteiger partial charge in [-0.3, -0.25) is 9.59 Å². The fourth-order valence-corrected chi connectivity index (χ4v) is 0.850. The molecule has 0 aliphatic rings. The molecule has 0 heterocycles. The summed E-state index contributed by atoms with van der Waals surface area (Å²) < 4.78 is 0. The molecule has 0 aromatic carbocycles. The number of carbonyl (C=O) groups is 3. The lowest BCUT2D eigenvalue weighted by Crippen LogP contribution is -2.51. The predicted octanol–water partition coefficient (Wildman–Crippen LogP) is -0.728. The molecule has 6 heteroatoms. The van der Waals surface area contributed by atoms with E-state index in [0.717, 1.165) is 0 Å². The zero-order valence-electron chi connectivity index (χ0n) is 8.82. The second-order valence-electron chi connectivity index (χ2n) is 3.87. The van der Waals surface area contributed by atoms with E-state index in [2.05, 4.69) is 5.32 Å². The highest BCUT2D eigenvalue weighted by atomic mass is 16.4. The number of aldehydes is 1. The first-order chi connectivity index (χ1) is 6.78. The van der Waals surface area contributed by atoms with Crippen LogP contribution in [0, 0.1) is 0 Å². The molecule has 15 heavy (non-hydrogen) atoms. The average Bonchev–Trinajstić information content (AvgIpc) is 2.13. The summed E-state index contributed by atoms with van der Waals surface area (Å²) in [4.78, 5) is 32.1. The minimum atomic E-state index is -1.01. The van der Waals surface area contributed by atoms with Crippen LogP contribution in [0.2, 0.25) is 0 Å². The van der Waals surface area contributed by atoms with Gasteiger partial charge in [0.25, 0.3) is 0 Å². The fourth-order valence-electron chi connectivity index (χ4n) is 0.850. The molecular weight excluding hydrogens is 200 g/mol. The van der Waals surface area contributed by atoms with Gasteiger partial charge in [0.1, 0.15) is 6.29 Å². The van der Waals surface area contributed by atoms with Crippen molar-refractivity contribution < 1.29 is 19.5 Å². The molecule has 6 nitrogen and oxygen atoms in total. The molecular formula is C9H16N2O4. The number of carboxylic acid groups (broad SMARTS) is 1. The number of nitrogens with two attached hydrogens (primary N) is 1. The molecule has 0 aliphatic carbocycles. The minimum Gasteiger partial charge on any atom is -0.481 e. The fraction of sp³-hybridized carbons (Fsp3) is 0.667. The average molecular weight is 216 g/mol. The van der Waals surface area contributed by atoms with Crippen molar-refractivity contribution in [2.45, 2.75) is 38.3 Å². The monoisotopic (exact) mass is 216 g/mol. The van der Waals surface area contributed by atoms with E-state index in [9.17, 15) is 14.4 Å². The SMILES string of the molecule is CC(C)(C=O)NC(=O)[C@H](N)CCC(=O)O. The first-order valence-corrected chi connectivity index (χ1v) is 4.54. The molecule has 4 N–H and O–H groups in total. The maximum atomic E-state index is 11.3. The molecule has 0 rings (SSSR count). The highest BCUT2D eigenvalue weighted by Gasteiger charge is 2.23. The number of nitrogens with one attached hydrogen (secondary N) is 1. The quantitative estimate of drug-likeness (QED) is 0.507. The first-order valence-electron chi connectivity index (χ1n) is 4.54. The lowest BCUT2D eigenvalue weighted by Gasteiger charge is -2.21. The van der Waals surface area contributed by atoms with Crippen molar-refractivity contribution >= 4 is 18.2 Å². The lowest BCUT2D eigenvalue weighted by molar-refractivity contribution is -0.137. The van der Waals surface area contributed by atoms with Crippen LogP contribution in [0.25, 0.3) is 0 Å². The predicted molar refractivity (Wildman–Crippen MR) is 53.1 cm³/mol. The molecule has 0 radical (unpaired) electrons. The first kappa shape index (κ1) is 13.6. The summed E-state index contributed by atoms with van der Waals surface area (Å²) in [6.07, 6.45) is 0.473. The molecule has 86 valence electrons. The van der Waals surface area contributed by atoms with E-state index in [1.54, 1.807) is 0 Å². The summed E-state index contributed by atoms with van der Waals surface area (Å²) in [5.41, 5.74) is 4.46.